The van der Waals surface area contributed by atoms with Crippen LogP contribution in [0.5, 0.6) is 0 Å². The normalized spacial score (nSPS) is 11.7. The summed E-state index contributed by atoms with van der Waals surface area (Å²) in [6.45, 7) is 1.93. The van der Waals surface area contributed by atoms with Crippen molar-refractivity contribution in [3.63, 3.8) is 0 Å². The molecule has 78 valence electrons. The predicted molar refractivity (Wildman–Crippen MR) is 48.7 cm³/mol. The number of rotatable bonds is 3. The maximum absolute atomic E-state index is 12.0. The van der Waals surface area contributed by atoms with E-state index in [4.69, 9.17) is 0 Å². The Labute approximate surface area is 83.6 Å². The Morgan fingerprint density at radius 2 is 2.14 bits per heavy atom. The van der Waals surface area contributed by atoms with Gasteiger partial charge in [-0.05, 0) is 23.4 Å². The van der Waals surface area contributed by atoms with Crippen molar-refractivity contribution in [1.29, 1.82) is 0 Å². The van der Waals surface area contributed by atoms with Gasteiger partial charge < -0.3 is 0 Å². The van der Waals surface area contributed by atoms with E-state index in [1.54, 1.807) is 5.38 Å². The van der Waals surface area contributed by atoms with E-state index < -0.39 is 12.0 Å². The highest BCUT2D eigenvalue weighted by molar-refractivity contribution is 7.12. The van der Waals surface area contributed by atoms with Gasteiger partial charge in [-0.1, -0.05) is 13.3 Å². The van der Waals surface area contributed by atoms with E-state index in [0.29, 0.717) is 6.42 Å². The van der Waals surface area contributed by atoms with E-state index in [1.807, 2.05) is 6.92 Å². The Hall–Kier alpha value is -0.840. The van der Waals surface area contributed by atoms with Gasteiger partial charge in [-0.25, -0.2) is 0 Å². The van der Waals surface area contributed by atoms with Gasteiger partial charge in [0.2, 0.25) is 0 Å². The van der Waals surface area contributed by atoms with Gasteiger partial charge in [-0.2, -0.15) is 13.2 Å². The van der Waals surface area contributed by atoms with Crippen molar-refractivity contribution in [3.8, 4) is 0 Å². The van der Waals surface area contributed by atoms with Crippen LogP contribution in [0, 0.1) is 0 Å². The molecule has 0 radical (unpaired) electrons. The van der Waals surface area contributed by atoms with Crippen molar-refractivity contribution >= 4 is 17.1 Å². The lowest BCUT2D eigenvalue weighted by Gasteiger charge is -2.01. The summed E-state index contributed by atoms with van der Waals surface area (Å²) in [5, 5.41) is 1.60. The maximum atomic E-state index is 12.0. The SMILES string of the molecule is CCCc1csc(C(=O)C(F)(F)F)c1. The molecule has 1 aromatic heterocycles. The van der Waals surface area contributed by atoms with Crippen molar-refractivity contribution in [2.24, 2.45) is 0 Å². The molecule has 5 heteroatoms. The fourth-order valence-corrected chi connectivity index (χ4v) is 1.96. The molecule has 1 heterocycles. The zero-order valence-electron chi connectivity index (χ0n) is 7.52. The Kier molecular flexibility index (Phi) is 3.31. The van der Waals surface area contributed by atoms with Gasteiger partial charge in [0.15, 0.2) is 0 Å². The van der Waals surface area contributed by atoms with E-state index in [1.165, 1.54) is 6.07 Å². The monoisotopic (exact) mass is 222 g/mol. The van der Waals surface area contributed by atoms with Gasteiger partial charge >= 0.3 is 6.18 Å². The van der Waals surface area contributed by atoms with Crippen LogP contribution in [0.25, 0.3) is 0 Å². The van der Waals surface area contributed by atoms with Crippen LogP contribution in [0.3, 0.4) is 0 Å². The van der Waals surface area contributed by atoms with E-state index in [0.717, 1.165) is 23.3 Å². The highest BCUT2D eigenvalue weighted by Gasteiger charge is 2.40. The highest BCUT2D eigenvalue weighted by Crippen LogP contribution is 2.26. The van der Waals surface area contributed by atoms with E-state index in [-0.39, 0.29) is 4.88 Å². The maximum Gasteiger partial charge on any atom is 0.455 e. The summed E-state index contributed by atoms with van der Waals surface area (Å²) >= 11 is 0.855. The first-order valence-electron chi connectivity index (χ1n) is 4.14. The summed E-state index contributed by atoms with van der Waals surface area (Å²) in [4.78, 5) is 10.5. The molecule has 14 heavy (non-hydrogen) atoms. The summed E-state index contributed by atoms with van der Waals surface area (Å²) in [5.41, 5.74) is 0.796. The molecule has 0 aliphatic heterocycles. The first-order valence-corrected chi connectivity index (χ1v) is 5.02. The van der Waals surface area contributed by atoms with Crippen LogP contribution < -0.4 is 0 Å². The molecule has 1 rings (SSSR count). The molecule has 0 N–H and O–H groups in total. The van der Waals surface area contributed by atoms with Gasteiger partial charge in [0.05, 0.1) is 4.88 Å². The van der Waals surface area contributed by atoms with Crippen LogP contribution in [0.1, 0.15) is 28.6 Å². The molecule has 0 amide bonds. The number of halogens is 3. The zero-order valence-corrected chi connectivity index (χ0v) is 8.34. The van der Waals surface area contributed by atoms with Gasteiger partial charge in [-0.15, -0.1) is 11.3 Å². The molecule has 0 bridgehead atoms. The Bertz CT molecular complexity index is 327. The highest BCUT2D eigenvalue weighted by atomic mass is 32.1. The average molecular weight is 222 g/mol. The standard InChI is InChI=1S/C9H9F3OS/c1-2-3-6-4-7(14-5-6)8(13)9(10,11)12/h4-5H,2-3H2,1H3. The first-order chi connectivity index (χ1) is 6.45. The van der Waals surface area contributed by atoms with Crippen molar-refractivity contribution in [2.75, 3.05) is 0 Å². The van der Waals surface area contributed by atoms with E-state index in [9.17, 15) is 18.0 Å². The number of thiophene rings is 1. The minimum absolute atomic E-state index is 0.221. The lowest BCUT2D eigenvalue weighted by Crippen LogP contribution is -2.21. The lowest BCUT2D eigenvalue weighted by atomic mass is 10.2. The van der Waals surface area contributed by atoms with Gasteiger partial charge in [-0.3, -0.25) is 4.79 Å². The van der Waals surface area contributed by atoms with Crippen LogP contribution >= 0.6 is 11.3 Å². The Balaban J connectivity index is 2.82. The van der Waals surface area contributed by atoms with E-state index in [2.05, 4.69) is 0 Å². The van der Waals surface area contributed by atoms with Crippen molar-refractivity contribution in [2.45, 2.75) is 25.9 Å². The minimum atomic E-state index is -4.76. The summed E-state index contributed by atoms with van der Waals surface area (Å²) in [7, 11) is 0. The molecule has 0 aliphatic rings. The van der Waals surface area contributed by atoms with Gasteiger partial charge in [0, 0.05) is 0 Å². The summed E-state index contributed by atoms with van der Waals surface area (Å²) < 4.78 is 36.0. The third kappa shape index (κ3) is 2.57. The molecule has 0 fully saturated rings. The molecular weight excluding hydrogens is 213 g/mol. The third-order valence-corrected chi connectivity index (χ3v) is 2.65. The van der Waals surface area contributed by atoms with E-state index >= 15 is 0 Å². The van der Waals surface area contributed by atoms with Crippen molar-refractivity contribution < 1.29 is 18.0 Å². The van der Waals surface area contributed by atoms with Crippen LogP contribution in [-0.4, -0.2) is 12.0 Å². The van der Waals surface area contributed by atoms with Gasteiger partial charge in [0.25, 0.3) is 5.78 Å². The zero-order chi connectivity index (χ0) is 10.8. The minimum Gasteiger partial charge on any atom is -0.283 e. The van der Waals surface area contributed by atoms with Crippen LogP contribution in [0.15, 0.2) is 11.4 Å². The molecule has 0 saturated heterocycles. The van der Waals surface area contributed by atoms with Crippen LogP contribution in [0.4, 0.5) is 13.2 Å². The van der Waals surface area contributed by atoms with Crippen molar-refractivity contribution in [1.82, 2.24) is 0 Å². The van der Waals surface area contributed by atoms with Crippen molar-refractivity contribution in [3.05, 3.63) is 21.9 Å². The number of hydrogen-bond donors (Lipinski definition) is 0. The molecule has 0 aliphatic carbocycles. The molecule has 0 atom stereocenters. The topological polar surface area (TPSA) is 17.1 Å². The first kappa shape index (κ1) is 11.2. The molecular formula is C9H9F3OS. The molecule has 1 aromatic rings. The molecule has 1 nitrogen and oxygen atoms in total. The Morgan fingerprint density at radius 3 is 2.64 bits per heavy atom. The predicted octanol–water partition coefficient (Wildman–Crippen LogP) is 3.45. The molecule has 0 spiro atoms. The quantitative estimate of drug-likeness (QED) is 0.716. The molecule has 0 unspecified atom stereocenters. The number of Topliss-reactive ketones (excluding diaryl/α,β-unsaturated/α-hetero) is 1. The second kappa shape index (κ2) is 4.13. The van der Waals surface area contributed by atoms with Gasteiger partial charge in [0.1, 0.15) is 0 Å². The summed E-state index contributed by atoms with van der Waals surface area (Å²) in [6, 6.07) is 1.32. The second-order valence-corrected chi connectivity index (χ2v) is 3.81. The molecule has 0 saturated carbocycles. The Morgan fingerprint density at radius 1 is 1.50 bits per heavy atom. The van der Waals surface area contributed by atoms with Crippen LogP contribution in [0.2, 0.25) is 0 Å². The molecule has 0 aromatic carbocycles. The summed E-state index contributed by atoms with van der Waals surface area (Å²) in [6.07, 6.45) is -3.19. The number of alkyl halides is 3. The number of carbonyl (C=O) groups is 1. The second-order valence-electron chi connectivity index (χ2n) is 2.90. The number of carbonyl (C=O) groups excluding carboxylic acids is 1. The number of aryl methyl sites for hydroxylation is 1. The fourth-order valence-electron chi connectivity index (χ4n) is 1.05. The fraction of sp³-hybridized carbons (Fsp3) is 0.444. The summed E-state index contributed by atoms with van der Waals surface area (Å²) in [5.74, 6) is -1.75. The number of ketones is 1. The average Bonchev–Trinajstić information content (AvgIpc) is 2.50. The third-order valence-electron chi connectivity index (χ3n) is 1.67. The smallest absolute Gasteiger partial charge is 0.283 e. The van der Waals surface area contributed by atoms with Crippen LogP contribution in [-0.2, 0) is 6.42 Å². The lowest BCUT2D eigenvalue weighted by molar-refractivity contribution is -0.0882. The number of hydrogen-bond acceptors (Lipinski definition) is 2. The largest absolute Gasteiger partial charge is 0.455 e.